The lowest BCUT2D eigenvalue weighted by Crippen LogP contribution is -2.53. The first-order chi connectivity index (χ1) is 20.5. The molecule has 6 heteroatoms. The minimum atomic E-state index is -0.877. The first-order valence-corrected chi connectivity index (χ1v) is 14.9. The van der Waals surface area contributed by atoms with E-state index in [-0.39, 0.29) is 11.8 Å². The van der Waals surface area contributed by atoms with Crippen molar-refractivity contribution in [1.82, 2.24) is 4.98 Å². The van der Waals surface area contributed by atoms with Crippen LogP contribution in [0.3, 0.4) is 0 Å². The second kappa shape index (κ2) is 9.97. The summed E-state index contributed by atoms with van der Waals surface area (Å²) in [7, 11) is 1.69. The van der Waals surface area contributed by atoms with Crippen LogP contribution in [0.5, 0.6) is 5.75 Å². The molecular weight excluding hydrogens is 538 g/mol. The summed E-state index contributed by atoms with van der Waals surface area (Å²) in [6.07, 6.45) is 1.10. The molecule has 1 heterocycles. The van der Waals surface area contributed by atoms with Crippen molar-refractivity contribution in [2.45, 2.75) is 31.2 Å². The molecule has 0 spiro atoms. The Morgan fingerprint density at radius 3 is 2.29 bits per heavy atom. The highest BCUT2D eigenvalue weighted by Gasteiger charge is 2.64. The van der Waals surface area contributed by atoms with Crippen molar-refractivity contribution < 1.29 is 9.53 Å². The smallest absolute Gasteiger partial charge is 0.284 e. The van der Waals surface area contributed by atoms with Crippen LogP contribution in [0.4, 0.5) is 5.13 Å². The van der Waals surface area contributed by atoms with Crippen molar-refractivity contribution in [2.75, 3.05) is 12.4 Å². The lowest BCUT2D eigenvalue weighted by atomic mass is 9.49. The minimum absolute atomic E-state index is 0.0911. The number of anilines is 1. The molecule has 5 nitrogen and oxygen atoms in total. The average molecular weight is 568 g/mol. The molecule has 2 bridgehead atoms. The molecule has 1 unspecified atom stereocenters. The highest BCUT2D eigenvalue weighted by molar-refractivity contribution is 7.13. The lowest BCUT2D eigenvalue weighted by molar-refractivity contribution is -0.127. The van der Waals surface area contributed by atoms with Gasteiger partial charge < -0.3 is 10.1 Å². The third-order valence-corrected chi connectivity index (χ3v) is 9.74. The molecule has 1 atom stereocenters. The van der Waals surface area contributed by atoms with Crippen molar-refractivity contribution >= 4 is 22.4 Å². The van der Waals surface area contributed by atoms with Gasteiger partial charge in [0.25, 0.3) is 5.54 Å². The largest absolute Gasteiger partial charge is 0.496 e. The number of methoxy groups -OCH3 is 1. The summed E-state index contributed by atoms with van der Waals surface area (Å²) in [5, 5.41) is 5.73. The number of hydrogen-bond acceptors (Lipinski definition) is 4. The number of ether oxygens (including phenoxy) is 1. The summed E-state index contributed by atoms with van der Waals surface area (Å²) in [5.41, 5.74) is 6.73. The number of hydrogen-bond donors (Lipinski definition) is 1. The van der Waals surface area contributed by atoms with Crippen LogP contribution in [0, 0.1) is 12.0 Å². The van der Waals surface area contributed by atoms with Crippen LogP contribution in [0.25, 0.3) is 16.0 Å². The molecule has 5 aromatic rings. The topological polar surface area (TPSA) is 55.6 Å². The predicted octanol–water partition coefficient (Wildman–Crippen LogP) is 8.07. The monoisotopic (exact) mass is 567 g/mol. The molecule has 0 aliphatic heterocycles. The number of aromatic nitrogens is 1. The molecule has 0 saturated carbocycles. The van der Waals surface area contributed by atoms with E-state index in [1.54, 1.807) is 7.11 Å². The minimum Gasteiger partial charge on any atom is -0.496 e. The van der Waals surface area contributed by atoms with Gasteiger partial charge in [0.15, 0.2) is 5.13 Å². The number of nitrogens with zero attached hydrogens (tertiary/aromatic N) is 2. The van der Waals surface area contributed by atoms with E-state index in [0.29, 0.717) is 18.0 Å². The van der Waals surface area contributed by atoms with E-state index >= 15 is 0 Å². The molecule has 8 rings (SSSR count). The van der Waals surface area contributed by atoms with E-state index < -0.39 is 11.0 Å². The van der Waals surface area contributed by atoms with E-state index in [4.69, 9.17) is 16.3 Å². The molecule has 1 amide bonds. The summed E-state index contributed by atoms with van der Waals surface area (Å²) in [4.78, 5) is 23.1. The van der Waals surface area contributed by atoms with Gasteiger partial charge in [0, 0.05) is 40.8 Å². The van der Waals surface area contributed by atoms with Crippen molar-refractivity contribution in [3.05, 3.63) is 147 Å². The Morgan fingerprint density at radius 1 is 0.976 bits per heavy atom. The molecule has 4 aromatic carbocycles. The maximum Gasteiger partial charge on any atom is 0.284 e. The Morgan fingerprint density at radius 2 is 1.62 bits per heavy atom. The quantitative estimate of drug-likeness (QED) is 0.211. The summed E-state index contributed by atoms with van der Waals surface area (Å²) in [5.74, 6) is 0.626. The van der Waals surface area contributed by atoms with Gasteiger partial charge in [0.2, 0.25) is 5.91 Å². The number of fused-ring (bicyclic) bond motifs is 1. The van der Waals surface area contributed by atoms with E-state index in [1.165, 1.54) is 11.3 Å². The number of nitrogens with one attached hydrogen (secondary N) is 1. The molecule has 206 valence electrons. The van der Waals surface area contributed by atoms with E-state index in [0.717, 1.165) is 50.4 Å². The van der Waals surface area contributed by atoms with Crippen molar-refractivity contribution in [2.24, 2.45) is 5.41 Å². The molecule has 0 radical (unpaired) electrons. The number of rotatable bonds is 6. The summed E-state index contributed by atoms with van der Waals surface area (Å²) >= 11 is 1.44. The third-order valence-electron chi connectivity index (χ3n) is 8.93. The Labute approximate surface area is 249 Å². The SMILES string of the molecule is [C-]#[N+]C12CC(C)(C(=O)Nc3nc(Cc4ccc(-c5ccccc5OC)cc4)cs3)C(c3ccccc31)c1ccccc12. The Bertz CT molecular complexity index is 1820. The van der Waals surface area contributed by atoms with Crippen LogP contribution in [-0.2, 0) is 16.8 Å². The second-order valence-corrected chi connectivity index (χ2v) is 12.2. The number of carbonyl (C=O) groups excluding carboxylic acids is 1. The van der Waals surface area contributed by atoms with Crippen molar-refractivity contribution in [1.29, 1.82) is 0 Å². The molecular formula is C36H29N3O2S. The van der Waals surface area contributed by atoms with Crippen LogP contribution < -0.4 is 10.1 Å². The van der Waals surface area contributed by atoms with Gasteiger partial charge in [-0.25, -0.2) is 11.6 Å². The number of thiazole rings is 1. The second-order valence-electron chi connectivity index (χ2n) is 11.3. The fourth-order valence-electron chi connectivity index (χ4n) is 7.03. The molecule has 1 N–H and O–H groups in total. The zero-order valence-electron chi connectivity index (χ0n) is 23.4. The standard InChI is InChI=1S/C36H29N3O2S/c1-35(22-36(37-2)29-13-7-4-11-27(29)32(35)28-12-5-8-14-30(28)36)33(40)39-34-38-25(21-42-34)20-23-16-18-24(19-17-23)26-10-6-9-15-31(26)41-3/h4-19,21,32H,20,22H2,1,3H3,(H,38,39,40). The molecule has 0 saturated heterocycles. The van der Waals surface area contributed by atoms with Gasteiger partial charge in [-0.1, -0.05) is 91.0 Å². The van der Waals surface area contributed by atoms with Gasteiger partial charge in [-0.2, -0.15) is 0 Å². The fourth-order valence-corrected chi connectivity index (χ4v) is 7.73. The normalized spacial score (nSPS) is 21.6. The van der Waals surface area contributed by atoms with Crippen LogP contribution in [0.2, 0.25) is 0 Å². The summed E-state index contributed by atoms with van der Waals surface area (Å²) in [6.45, 7) is 10.3. The third kappa shape index (κ3) is 3.96. The maximum absolute atomic E-state index is 14.1. The first kappa shape index (κ1) is 26.2. The zero-order valence-corrected chi connectivity index (χ0v) is 24.2. The average Bonchev–Trinajstić information content (AvgIpc) is 3.47. The van der Waals surface area contributed by atoms with Crippen molar-refractivity contribution in [3.63, 3.8) is 0 Å². The van der Waals surface area contributed by atoms with Crippen LogP contribution in [0.15, 0.2) is 102 Å². The van der Waals surface area contributed by atoms with E-state index in [9.17, 15) is 4.79 Å². The lowest BCUT2D eigenvalue weighted by Gasteiger charge is -2.51. The predicted molar refractivity (Wildman–Crippen MR) is 167 cm³/mol. The molecule has 1 aromatic heterocycles. The highest BCUT2D eigenvalue weighted by Crippen LogP contribution is 2.64. The van der Waals surface area contributed by atoms with E-state index in [2.05, 4.69) is 64.8 Å². The summed E-state index contributed by atoms with van der Waals surface area (Å²) in [6, 6.07) is 32.7. The molecule has 0 fully saturated rings. The van der Waals surface area contributed by atoms with Crippen LogP contribution >= 0.6 is 11.3 Å². The molecule has 3 aliphatic carbocycles. The number of carbonyl (C=O) groups is 1. The highest BCUT2D eigenvalue weighted by atomic mass is 32.1. The van der Waals surface area contributed by atoms with Gasteiger partial charge in [0.1, 0.15) is 5.75 Å². The molecule has 42 heavy (non-hydrogen) atoms. The van der Waals surface area contributed by atoms with Gasteiger partial charge in [-0.15, -0.1) is 11.3 Å². The van der Waals surface area contributed by atoms with Crippen LogP contribution in [-0.4, -0.2) is 18.0 Å². The number of para-hydroxylation sites is 1. The van der Waals surface area contributed by atoms with Gasteiger partial charge in [-0.05, 0) is 35.2 Å². The molecule has 3 aliphatic rings. The Balaban J connectivity index is 1.13. The number of benzene rings is 4. The number of amides is 1. The van der Waals surface area contributed by atoms with Gasteiger partial charge in [-0.3, -0.25) is 9.64 Å². The Kier molecular flexibility index (Phi) is 6.22. The zero-order chi connectivity index (χ0) is 28.9. The van der Waals surface area contributed by atoms with Crippen LogP contribution in [0.1, 0.15) is 52.8 Å². The first-order valence-electron chi connectivity index (χ1n) is 14.0. The maximum atomic E-state index is 14.1. The van der Waals surface area contributed by atoms with Gasteiger partial charge in [0.05, 0.1) is 18.2 Å². The van der Waals surface area contributed by atoms with Crippen molar-refractivity contribution in [3.8, 4) is 16.9 Å². The Hall–Kier alpha value is -4.73. The fraction of sp³-hybridized carbons (Fsp3) is 0.194. The van der Waals surface area contributed by atoms with E-state index in [1.807, 2.05) is 54.8 Å². The summed E-state index contributed by atoms with van der Waals surface area (Å²) < 4.78 is 5.52. The van der Waals surface area contributed by atoms with Gasteiger partial charge >= 0.3 is 0 Å².